The third kappa shape index (κ3) is 2.46. The van der Waals surface area contributed by atoms with Gasteiger partial charge in [0.15, 0.2) is 4.90 Å². The van der Waals surface area contributed by atoms with Gasteiger partial charge < -0.3 is 20.2 Å². The lowest BCUT2D eigenvalue weighted by atomic mass is 10.6. The number of aromatic nitrogens is 1. The minimum Gasteiger partial charge on any atom is -0.492 e. The lowest BCUT2D eigenvalue weighted by molar-refractivity contribution is -0.164. The maximum atomic E-state index is 10.7. The molecule has 0 saturated heterocycles. The van der Waals surface area contributed by atoms with Gasteiger partial charge in [-0.25, -0.2) is 9.59 Å². The number of hydrogen-bond acceptors (Lipinski definition) is 7. The molecule has 17 heavy (non-hydrogen) atoms. The summed E-state index contributed by atoms with van der Waals surface area (Å²) in [5.41, 5.74) is 0. The van der Waals surface area contributed by atoms with Gasteiger partial charge in [0.2, 0.25) is 5.88 Å². The number of nitrogens with zero attached hydrogens (tertiary/aromatic N) is 1. The third-order valence-electron chi connectivity index (χ3n) is 1.51. The fourth-order valence-corrected chi connectivity index (χ4v) is 1.42. The Morgan fingerprint density at radius 1 is 1.29 bits per heavy atom. The zero-order valence-corrected chi connectivity index (χ0v) is 8.58. The van der Waals surface area contributed by atoms with Crippen LogP contribution >= 0.6 is 0 Å². The Kier molecular flexibility index (Phi) is 2.97. The van der Waals surface area contributed by atoms with Crippen molar-refractivity contribution in [3.63, 3.8) is 0 Å². The first-order valence-electron chi connectivity index (χ1n) is 3.71. The lowest BCUT2D eigenvalue weighted by Crippen LogP contribution is -2.26. The fourth-order valence-electron chi connectivity index (χ4n) is 0.851. The van der Waals surface area contributed by atoms with Crippen molar-refractivity contribution in [1.29, 1.82) is 0 Å². The number of aliphatic carboxylic acids is 1. The summed E-state index contributed by atoms with van der Waals surface area (Å²) >= 11 is 0. The van der Waals surface area contributed by atoms with E-state index >= 15 is 0 Å². The number of carboxylic acids is 1. The molecule has 1 heterocycles. The summed E-state index contributed by atoms with van der Waals surface area (Å²) in [6.07, 6.45) is 0. The van der Waals surface area contributed by atoms with Gasteiger partial charge in [0.1, 0.15) is 0 Å². The van der Waals surface area contributed by atoms with Crippen molar-refractivity contribution in [1.82, 2.24) is 4.73 Å². The fraction of sp³-hybridized carbons (Fsp3) is 0. The molecule has 0 saturated carbocycles. The van der Waals surface area contributed by atoms with Crippen LogP contribution in [0.15, 0.2) is 11.0 Å². The summed E-state index contributed by atoms with van der Waals surface area (Å²) in [6, 6.07) is 0.361. The van der Waals surface area contributed by atoms with Crippen molar-refractivity contribution in [3.8, 4) is 11.8 Å². The van der Waals surface area contributed by atoms with Crippen molar-refractivity contribution in [2.75, 3.05) is 0 Å². The van der Waals surface area contributed by atoms with E-state index in [2.05, 4.69) is 4.84 Å². The average molecular weight is 267 g/mol. The molecule has 0 bridgehead atoms. The summed E-state index contributed by atoms with van der Waals surface area (Å²) in [5, 5.41) is 26.4. The predicted octanol–water partition coefficient (Wildman–Crippen LogP) is -1.81. The molecular formula is C6H5NO9S. The highest BCUT2D eigenvalue weighted by molar-refractivity contribution is 7.86. The van der Waals surface area contributed by atoms with Gasteiger partial charge in [-0.15, -0.1) is 4.73 Å². The largest absolute Gasteiger partial charge is 0.492 e. The lowest BCUT2D eigenvalue weighted by Gasteiger charge is -2.03. The highest BCUT2D eigenvalue weighted by Crippen LogP contribution is 2.29. The molecular weight excluding hydrogens is 262 g/mol. The molecule has 0 aromatic carbocycles. The second-order valence-electron chi connectivity index (χ2n) is 2.64. The van der Waals surface area contributed by atoms with E-state index < -0.39 is 38.7 Å². The van der Waals surface area contributed by atoms with Crippen molar-refractivity contribution >= 4 is 22.1 Å². The monoisotopic (exact) mass is 267 g/mol. The first-order valence-corrected chi connectivity index (χ1v) is 5.15. The van der Waals surface area contributed by atoms with Gasteiger partial charge >= 0.3 is 11.9 Å². The molecule has 11 heteroatoms. The van der Waals surface area contributed by atoms with E-state index in [0.717, 1.165) is 0 Å². The van der Waals surface area contributed by atoms with E-state index in [1.165, 1.54) is 0 Å². The van der Waals surface area contributed by atoms with Gasteiger partial charge in [-0.3, -0.25) is 4.55 Å². The van der Waals surface area contributed by atoms with E-state index in [1.54, 1.807) is 0 Å². The second-order valence-corrected chi connectivity index (χ2v) is 4.03. The van der Waals surface area contributed by atoms with Crippen LogP contribution < -0.4 is 4.84 Å². The molecule has 1 aromatic heterocycles. The Labute approximate surface area is 93.0 Å². The van der Waals surface area contributed by atoms with Gasteiger partial charge in [0.05, 0.1) is 0 Å². The molecule has 0 unspecified atom stereocenters. The Morgan fingerprint density at radius 3 is 2.18 bits per heavy atom. The maximum Gasteiger partial charge on any atom is 0.442 e. The Bertz CT molecular complexity index is 583. The molecule has 0 radical (unpaired) electrons. The van der Waals surface area contributed by atoms with E-state index in [-0.39, 0.29) is 4.73 Å². The molecule has 1 aromatic rings. The van der Waals surface area contributed by atoms with Crippen LogP contribution in [0.5, 0.6) is 11.8 Å². The molecule has 0 atom stereocenters. The number of carbonyl (C=O) groups excluding carboxylic acids is 1. The molecule has 10 nitrogen and oxygen atoms in total. The second kappa shape index (κ2) is 3.95. The van der Waals surface area contributed by atoms with Crippen molar-refractivity contribution in [3.05, 3.63) is 6.07 Å². The van der Waals surface area contributed by atoms with Crippen molar-refractivity contribution < 1.29 is 42.7 Å². The molecule has 0 amide bonds. The van der Waals surface area contributed by atoms with Crippen LogP contribution in [0.1, 0.15) is 0 Å². The number of aromatic hydroxyl groups is 2. The van der Waals surface area contributed by atoms with E-state index in [1.807, 2.05) is 0 Å². The smallest absolute Gasteiger partial charge is 0.442 e. The van der Waals surface area contributed by atoms with Gasteiger partial charge in [0.25, 0.3) is 16.0 Å². The van der Waals surface area contributed by atoms with E-state index in [4.69, 9.17) is 19.9 Å². The van der Waals surface area contributed by atoms with Gasteiger partial charge in [-0.2, -0.15) is 8.42 Å². The number of carbonyl (C=O) groups is 2. The minimum absolute atomic E-state index is 0.167. The highest BCUT2D eigenvalue weighted by atomic mass is 32.2. The minimum atomic E-state index is -4.86. The molecule has 4 N–H and O–H groups in total. The maximum absolute atomic E-state index is 10.7. The molecule has 0 spiro atoms. The summed E-state index contributed by atoms with van der Waals surface area (Å²) in [6.45, 7) is 0. The van der Waals surface area contributed by atoms with Crippen LogP contribution in [0.4, 0.5) is 0 Å². The predicted molar refractivity (Wildman–Crippen MR) is 46.8 cm³/mol. The third-order valence-corrected chi connectivity index (χ3v) is 2.36. The summed E-state index contributed by atoms with van der Waals surface area (Å²) in [7, 11) is -4.86. The first-order chi connectivity index (χ1) is 7.64. The van der Waals surface area contributed by atoms with Crippen LogP contribution in [0.25, 0.3) is 0 Å². The zero-order valence-electron chi connectivity index (χ0n) is 7.76. The number of hydrogen-bond donors (Lipinski definition) is 4. The number of carboxylic acid groups (broad SMARTS) is 1. The number of rotatable bonds is 2. The topological polar surface area (TPSA) is 163 Å². The SMILES string of the molecule is O=C(O)C(=O)On1c(O)cc(S(=O)(=O)O)c1O. The van der Waals surface area contributed by atoms with Crippen LogP contribution in [0.3, 0.4) is 0 Å². The molecule has 0 aliphatic heterocycles. The molecule has 0 aliphatic rings. The van der Waals surface area contributed by atoms with Gasteiger partial charge in [-0.05, 0) is 0 Å². The molecule has 0 aliphatic carbocycles. The molecule has 1 rings (SSSR count). The first kappa shape index (κ1) is 12.8. The van der Waals surface area contributed by atoms with E-state index in [9.17, 15) is 18.0 Å². The van der Waals surface area contributed by atoms with Crippen molar-refractivity contribution in [2.24, 2.45) is 0 Å². The van der Waals surface area contributed by atoms with Crippen molar-refractivity contribution in [2.45, 2.75) is 4.90 Å². The molecule has 0 fully saturated rings. The van der Waals surface area contributed by atoms with E-state index in [0.29, 0.717) is 6.07 Å². The van der Waals surface area contributed by atoms with Crippen LogP contribution in [-0.4, -0.2) is 45.0 Å². The Morgan fingerprint density at radius 2 is 1.82 bits per heavy atom. The zero-order chi connectivity index (χ0) is 13.4. The summed E-state index contributed by atoms with van der Waals surface area (Å²) in [4.78, 5) is 23.5. The van der Waals surface area contributed by atoms with Crippen LogP contribution in [0.2, 0.25) is 0 Å². The highest BCUT2D eigenvalue weighted by Gasteiger charge is 2.27. The van der Waals surface area contributed by atoms with Gasteiger partial charge in [-0.1, -0.05) is 0 Å². The summed E-state index contributed by atoms with van der Waals surface area (Å²) in [5.74, 6) is -6.36. The molecule has 94 valence electrons. The van der Waals surface area contributed by atoms with Gasteiger partial charge in [0, 0.05) is 6.07 Å². The van der Waals surface area contributed by atoms with Crippen LogP contribution in [-0.2, 0) is 19.7 Å². The normalized spacial score (nSPS) is 11.1. The Balaban J connectivity index is 3.24. The average Bonchev–Trinajstić information content (AvgIpc) is 2.44. The Hall–Kier alpha value is -2.27. The van der Waals surface area contributed by atoms with Crippen LogP contribution in [0, 0.1) is 0 Å². The standard InChI is InChI=1S/C6H5NO9S/c8-3-1-2(17(13,14)15)4(9)7(3)16-6(12)5(10)11/h1,8-9H,(H,10,11)(H,13,14,15). The summed E-state index contributed by atoms with van der Waals surface area (Å²) < 4.78 is 29.7. The quantitative estimate of drug-likeness (QED) is 0.357.